The number of nitrogens with zero attached hydrogens (tertiary/aromatic N) is 1. The molecule has 0 aliphatic heterocycles. The Morgan fingerprint density at radius 2 is 1.96 bits per heavy atom. The molecule has 1 heterocycles. The molecule has 0 radical (unpaired) electrons. The van der Waals surface area contributed by atoms with E-state index in [4.69, 9.17) is 9.84 Å². The fourth-order valence-corrected chi connectivity index (χ4v) is 3.13. The van der Waals surface area contributed by atoms with Gasteiger partial charge in [-0.2, -0.15) is 0 Å². The molecule has 1 fully saturated rings. The molecule has 28 heavy (non-hydrogen) atoms. The number of carbonyl (C=O) groups excluding carboxylic acids is 1. The molecule has 0 unspecified atom stereocenters. The maximum absolute atomic E-state index is 13.2. The van der Waals surface area contributed by atoms with Crippen LogP contribution in [0.3, 0.4) is 0 Å². The zero-order chi connectivity index (χ0) is 19.9. The van der Waals surface area contributed by atoms with E-state index in [1.54, 1.807) is 30.5 Å². The van der Waals surface area contributed by atoms with E-state index >= 15 is 0 Å². The molecule has 1 aliphatic rings. The Balaban J connectivity index is 1.42. The number of urea groups is 1. The third kappa shape index (κ3) is 5.67. The molecule has 1 aromatic carbocycles. The molecule has 3 rings (SSSR count). The van der Waals surface area contributed by atoms with Gasteiger partial charge in [0.1, 0.15) is 11.6 Å². The lowest BCUT2D eigenvalue weighted by Crippen LogP contribution is -2.43. The summed E-state index contributed by atoms with van der Waals surface area (Å²) in [6.45, 7) is 0.295. The van der Waals surface area contributed by atoms with Crippen molar-refractivity contribution < 1.29 is 23.8 Å². The third-order valence-corrected chi connectivity index (χ3v) is 4.68. The summed E-state index contributed by atoms with van der Waals surface area (Å²) in [4.78, 5) is 27.1. The Bertz CT molecular complexity index is 820. The lowest BCUT2D eigenvalue weighted by molar-refractivity contribution is -0.142. The normalized spacial score (nSPS) is 18.9. The van der Waals surface area contributed by atoms with Crippen molar-refractivity contribution in [3.8, 4) is 11.6 Å². The number of halogens is 1. The van der Waals surface area contributed by atoms with E-state index in [0.717, 1.165) is 5.56 Å². The molecule has 0 saturated heterocycles. The van der Waals surface area contributed by atoms with Crippen molar-refractivity contribution >= 4 is 12.0 Å². The second-order valence-corrected chi connectivity index (χ2v) is 6.78. The van der Waals surface area contributed by atoms with Gasteiger partial charge in [0.25, 0.3) is 0 Å². The summed E-state index contributed by atoms with van der Waals surface area (Å²) >= 11 is 0. The SMILES string of the molecule is O=C(NCc1ccc(Oc2cccc(F)c2)nc1)NC1CCC(C(=O)O)CC1. The summed E-state index contributed by atoms with van der Waals surface area (Å²) in [7, 11) is 0. The number of benzene rings is 1. The standard InChI is InChI=1S/C20H22FN3O4/c21-15-2-1-3-17(10-15)28-18-9-4-13(11-22-18)12-23-20(27)24-16-7-5-14(6-8-16)19(25)26/h1-4,9-11,14,16H,5-8,12H2,(H,25,26)(H2,23,24,27). The van der Waals surface area contributed by atoms with Gasteiger partial charge < -0.3 is 20.5 Å². The molecule has 1 saturated carbocycles. The summed E-state index contributed by atoms with van der Waals surface area (Å²) in [6.07, 6.45) is 4.07. The van der Waals surface area contributed by atoms with E-state index in [1.165, 1.54) is 12.1 Å². The molecular formula is C20H22FN3O4. The van der Waals surface area contributed by atoms with E-state index in [-0.39, 0.29) is 23.8 Å². The van der Waals surface area contributed by atoms with Crippen molar-refractivity contribution in [1.82, 2.24) is 15.6 Å². The van der Waals surface area contributed by atoms with Gasteiger partial charge in [-0.05, 0) is 43.4 Å². The van der Waals surface area contributed by atoms with Crippen molar-refractivity contribution in [2.45, 2.75) is 38.3 Å². The summed E-state index contributed by atoms with van der Waals surface area (Å²) in [5, 5.41) is 14.6. The van der Waals surface area contributed by atoms with Gasteiger partial charge in [-0.25, -0.2) is 14.2 Å². The van der Waals surface area contributed by atoms with Crippen LogP contribution in [0.5, 0.6) is 11.6 Å². The maximum Gasteiger partial charge on any atom is 0.315 e. The number of carbonyl (C=O) groups is 2. The van der Waals surface area contributed by atoms with Crippen LogP contribution in [0.25, 0.3) is 0 Å². The van der Waals surface area contributed by atoms with Crippen LogP contribution in [0.2, 0.25) is 0 Å². The van der Waals surface area contributed by atoms with Crippen molar-refractivity contribution in [3.05, 3.63) is 54.0 Å². The van der Waals surface area contributed by atoms with Gasteiger partial charge in [-0.3, -0.25) is 4.79 Å². The van der Waals surface area contributed by atoms with E-state index < -0.39 is 5.97 Å². The van der Waals surface area contributed by atoms with Gasteiger partial charge in [-0.1, -0.05) is 12.1 Å². The number of carboxylic acid groups (broad SMARTS) is 1. The number of rotatable bonds is 6. The van der Waals surface area contributed by atoms with Gasteiger partial charge in [0.2, 0.25) is 5.88 Å². The van der Waals surface area contributed by atoms with E-state index in [1.807, 2.05) is 0 Å². The molecule has 3 N–H and O–H groups in total. The first-order valence-electron chi connectivity index (χ1n) is 9.15. The molecule has 2 aromatic rings. The zero-order valence-corrected chi connectivity index (χ0v) is 15.2. The second-order valence-electron chi connectivity index (χ2n) is 6.78. The number of hydrogen-bond acceptors (Lipinski definition) is 4. The number of hydrogen-bond donors (Lipinski definition) is 3. The molecule has 148 valence electrons. The molecular weight excluding hydrogens is 365 g/mol. The monoisotopic (exact) mass is 387 g/mol. The molecule has 2 amide bonds. The molecule has 1 aromatic heterocycles. The minimum Gasteiger partial charge on any atom is -0.481 e. The Kier molecular flexibility index (Phi) is 6.41. The molecule has 7 nitrogen and oxygen atoms in total. The van der Waals surface area contributed by atoms with Gasteiger partial charge in [0, 0.05) is 30.9 Å². The molecule has 1 aliphatic carbocycles. The quantitative estimate of drug-likeness (QED) is 0.705. The number of carboxylic acids is 1. The van der Waals surface area contributed by atoms with Crippen LogP contribution in [0.1, 0.15) is 31.2 Å². The number of aromatic nitrogens is 1. The third-order valence-electron chi connectivity index (χ3n) is 4.68. The highest BCUT2D eigenvalue weighted by Gasteiger charge is 2.26. The molecule has 0 atom stereocenters. The highest BCUT2D eigenvalue weighted by atomic mass is 19.1. The van der Waals surface area contributed by atoms with Crippen LogP contribution < -0.4 is 15.4 Å². The fraction of sp³-hybridized carbons (Fsp3) is 0.350. The minimum atomic E-state index is -0.764. The topological polar surface area (TPSA) is 101 Å². The Morgan fingerprint density at radius 3 is 2.61 bits per heavy atom. The van der Waals surface area contributed by atoms with E-state index in [2.05, 4.69) is 15.6 Å². The first kappa shape index (κ1) is 19.6. The Hall–Kier alpha value is -3.16. The van der Waals surface area contributed by atoms with Gasteiger partial charge >= 0.3 is 12.0 Å². The van der Waals surface area contributed by atoms with Crippen molar-refractivity contribution in [1.29, 1.82) is 0 Å². The van der Waals surface area contributed by atoms with Crippen molar-refractivity contribution in [2.24, 2.45) is 5.92 Å². The summed E-state index contributed by atoms with van der Waals surface area (Å²) < 4.78 is 18.6. The number of amides is 2. The first-order valence-corrected chi connectivity index (χ1v) is 9.15. The lowest BCUT2D eigenvalue weighted by Gasteiger charge is -2.26. The summed E-state index contributed by atoms with van der Waals surface area (Å²) in [5.74, 6) is -0.773. The average molecular weight is 387 g/mol. The predicted octanol–water partition coefficient (Wildman–Crippen LogP) is 3.46. The first-order chi connectivity index (χ1) is 13.5. The van der Waals surface area contributed by atoms with E-state index in [0.29, 0.717) is 43.9 Å². The summed E-state index contributed by atoms with van der Waals surface area (Å²) in [5.41, 5.74) is 0.788. The van der Waals surface area contributed by atoms with Crippen LogP contribution in [0.4, 0.5) is 9.18 Å². The fourth-order valence-electron chi connectivity index (χ4n) is 3.13. The highest BCUT2D eigenvalue weighted by molar-refractivity contribution is 5.74. The number of ether oxygens (including phenoxy) is 1. The van der Waals surface area contributed by atoms with E-state index in [9.17, 15) is 14.0 Å². The van der Waals surface area contributed by atoms with Crippen LogP contribution in [-0.2, 0) is 11.3 Å². The lowest BCUT2D eigenvalue weighted by atomic mass is 9.86. The van der Waals surface area contributed by atoms with Crippen LogP contribution in [0, 0.1) is 11.7 Å². The number of nitrogens with one attached hydrogen (secondary N) is 2. The predicted molar refractivity (Wildman–Crippen MR) is 99.5 cm³/mol. The smallest absolute Gasteiger partial charge is 0.315 e. The molecule has 0 spiro atoms. The second kappa shape index (κ2) is 9.16. The van der Waals surface area contributed by atoms with Gasteiger partial charge in [0.05, 0.1) is 5.92 Å². The van der Waals surface area contributed by atoms with Gasteiger partial charge in [0.15, 0.2) is 0 Å². The van der Waals surface area contributed by atoms with Crippen molar-refractivity contribution in [3.63, 3.8) is 0 Å². The summed E-state index contributed by atoms with van der Waals surface area (Å²) in [6, 6.07) is 8.90. The molecule has 0 bridgehead atoms. The van der Waals surface area contributed by atoms with Crippen LogP contribution >= 0.6 is 0 Å². The molecule has 8 heteroatoms. The minimum absolute atomic E-state index is 0.00392. The van der Waals surface area contributed by atoms with Crippen LogP contribution in [-0.4, -0.2) is 28.1 Å². The van der Waals surface area contributed by atoms with Crippen molar-refractivity contribution in [2.75, 3.05) is 0 Å². The van der Waals surface area contributed by atoms with Gasteiger partial charge in [-0.15, -0.1) is 0 Å². The zero-order valence-electron chi connectivity index (χ0n) is 15.2. The maximum atomic E-state index is 13.2. The Morgan fingerprint density at radius 1 is 1.18 bits per heavy atom. The highest BCUT2D eigenvalue weighted by Crippen LogP contribution is 2.24. The largest absolute Gasteiger partial charge is 0.481 e. The van der Waals surface area contributed by atoms with Crippen LogP contribution in [0.15, 0.2) is 42.6 Å². The number of pyridine rings is 1. The Labute approximate surface area is 161 Å². The number of aliphatic carboxylic acids is 1. The average Bonchev–Trinajstić information content (AvgIpc) is 2.68.